The molecular weight excluding hydrogens is 297 g/mol. The first-order chi connectivity index (χ1) is 8.63. The molecule has 1 N–H and O–H groups in total. The van der Waals surface area contributed by atoms with Gasteiger partial charge in [-0.3, -0.25) is 0 Å². The van der Waals surface area contributed by atoms with Crippen LogP contribution in [0.25, 0.3) is 0 Å². The second kappa shape index (κ2) is 6.16. The summed E-state index contributed by atoms with van der Waals surface area (Å²) < 4.78 is 19.2. The molecule has 0 saturated carbocycles. The second-order valence-electron chi connectivity index (χ2n) is 4.34. The van der Waals surface area contributed by atoms with Crippen LogP contribution in [0.15, 0.2) is 45.5 Å². The maximum atomic E-state index is 13.2. The van der Waals surface area contributed by atoms with Gasteiger partial charge in [0, 0.05) is 23.5 Å². The van der Waals surface area contributed by atoms with Crippen molar-refractivity contribution in [1.29, 1.82) is 0 Å². The van der Waals surface area contributed by atoms with E-state index >= 15 is 0 Å². The van der Waals surface area contributed by atoms with Crippen LogP contribution in [0.5, 0.6) is 0 Å². The summed E-state index contributed by atoms with van der Waals surface area (Å²) in [6, 6.07) is 9.02. The van der Waals surface area contributed by atoms with Crippen LogP contribution in [0.2, 0.25) is 0 Å². The minimum atomic E-state index is -0.222. The van der Waals surface area contributed by atoms with Gasteiger partial charge >= 0.3 is 0 Å². The summed E-state index contributed by atoms with van der Waals surface area (Å²) in [7, 11) is 0. The lowest BCUT2D eigenvalue weighted by Crippen LogP contribution is -2.27. The first kappa shape index (κ1) is 13.3. The molecule has 4 heteroatoms. The third-order valence-electron chi connectivity index (χ3n) is 2.66. The van der Waals surface area contributed by atoms with Gasteiger partial charge in [-0.05, 0) is 42.8 Å². The monoisotopic (exact) mass is 311 g/mol. The van der Waals surface area contributed by atoms with Crippen molar-refractivity contribution in [3.8, 4) is 0 Å². The molecular formula is C14H15BrFNO. The summed E-state index contributed by atoms with van der Waals surface area (Å²) in [5.74, 6) is 0.732. The average molecular weight is 312 g/mol. The van der Waals surface area contributed by atoms with Gasteiger partial charge in [0.1, 0.15) is 11.6 Å². The number of nitrogens with one attached hydrogen (secondary N) is 1. The van der Waals surface area contributed by atoms with Gasteiger partial charge in [0.05, 0.1) is 6.26 Å². The molecule has 1 atom stereocenters. The van der Waals surface area contributed by atoms with Crippen LogP contribution in [0, 0.1) is 5.82 Å². The Hall–Kier alpha value is -1.13. The highest BCUT2D eigenvalue weighted by molar-refractivity contribution is 9.10. The number of hydrogen-bond acceptors (Lipinski definition) is 2. The van der Waals surface area contributed by atoms with Gasteiger partial charge in [0.25, 0.3) is 0 Å². The van der Waals surface area contributed by atoms with Crippen molar-refractivity contribution in [2.45, 2.75) is 25.9 Å². The van der Waals surface area contributed by atoms with Crippen molar-refractivity contribution in [1.82, 2.24) is 5.32 Å². The molecule has 0 saturated heterocycles. The van der Waals surface area contributed by atoms with E-state index in [1.54, 1.807) is 6.26 Å². The second-order valence-corrected chi connectivity index (χ2v) is 5.26. The van der Waals surface area contributed by atoms with Crippen LogP contribution in [0.4, 0.5) is 4.39 Å². The Kier molecular flexibility index (Phi) is 4.55. The Labute approximate surface area is 114 Å². The average Bonchev–Trinajstić information content (AvgIpc) is 2.78. The summed E-state index contributed by atoms with van der Waals surface area (Å²) >= 11 is 3.29. The standard InChI is InChI=1S/C14H15BrFNO/c1-10(5-14-3-2-4-18-14)17-9-11-6-12(15)8-13(16)7-11/h2-4,6-8,10,17H,5,9H2,1H3. The van der Waals surface area contributed by atoms with Crippen molar-refractivity contribution >= 4 is 15.9 Å². The van der Waals surface area contributed by atoms with Crippen LogP contribution >= 0.6 is 15.9 Å². The summed E-state index contributed by atoms with van der Waals surface area (Å²) in [6.45, 7) is 2.72. The van der Waals surface area contributed by atoms with Crippen LogP contribution in [-0.2, 0) is 13.0 Å². The third kappa shape index (κ3) is 3.96. The van der Waals surface area contributed by atoms with E-state index in [9.17, 15) is 4.39 Å². The van der Waals surface area contributed by atoms with Crippen LogP contribution in [0.3, 0.4) is 0 Å². The van der Waals surface area contributed by atoms with Crippen LogP contribution < -0.4 is 5.32 Å². The van der Waals surface area contributed by atoms with Crippen molar-refractivity contribution in [3.63, 3.8) is 0 Å². The number of hydrogen-bond donors (Lipinski definition) is 1. The molecule has 0 aliphatic rings. The zero-order valence-corrected chi connectivity index (χ0v) is 11.7. The minimum Gasteiger partial charge on any atom is -0.469 e. The number of benzene rings is 1. The Morgan fingerprint density at radius 3 is 2.89 bits per heavy atom. The highest BCUT2D eigenvalue weighted by atomic mass is 79.9. The molecule has 0 aliphatic carbocycles. The molecule has 2 rings (SSSR count). The van der Waals surface area contributed by atoms with Gasteiger partial charge in [-0.25, -0.2) is 4.39 Å². The number of rotatable bonds is 5. The quantitative estimate of drug-likeness (QED) is 0.906. The number of furan rings is 1. The smallest absolute Gasteiger partial charge is 0.124 e. The van der Waals surface area contributed by atoms with Crippen LogP contribution in [-0.4, -0.2) is 6.04 Å². The van der Waals surface area contributed by atoms with Gasteiger partial charge in [0.2, 0.25) is 0 Å². The van der Waals surface area contributed by atoms with Gasteiger partial charge in [-0.2, -0.15) is 0 Å². The Morgan fingerprint density at radius 1 is 1.39 bits per heavy atom. The summed E-state index contributed by atoms with van der Waals surface area (Å²) in [5, 5.41) is 3.34. The SMILES string of the molecule is CC(Cc1ccco1)NCc1cc(F)cc(Br)c1. The fourth-order valence-corrected chi connectivity index (χ4v) is 2.32. The molecule has 0 amide bonds. The van der Waals surface area contributed by atoms with Gasteiger partial charge in [0.15, 0.2) is 0 Å². The van der Waals surface area contributed by atoms with Crippen LogP contribution in [0.1, 0.15) is 18.2 Å². The van der Waals surface area contributed by atoms with E-state index in [4.69, 9.17) is 4.42 Å². The lowest BCUT2D eigenvalue weighted by atomic mass is 10.1. The van der Waals surface area contributed by atoms with E-state index in [0.717, 1.165) is 22.2 Å². The molecule has 1 aromatic heterocycles. The first-order valence-corrected chi connectivity index (χ1v) is 6.63. The predicted molar refractivity (Wildman–Crippen MR) is 72.8 cm³/mol. The molecule has 0 spiro atoms. The molecule has 2 aromatic rings. The molecule has 1 heterocycles. The van der Waals surface area contributed by atoms with E-state index in [1.807, 2.05) is 18.2 Å². The Bertz CT molecular complexity index is 478. The maximum absolute atomic E-state index is 13.2. The van der Waals surface area contributed by atoms with Crippen molar-refractivity contribution in [2.75, 3.05) is 0 Å². The molecule has 0 bridgehead atoms. The predicted octanol–water partition coefficient (Wildman–Crippen LogP) is 3.90. The molecule has 1 aromatic carbocycles. The van der Waals surface area contributed by atoms with E-state index in [-0.39, 0.29) is 11.9 Å². The van der Waals surface area contributed by atoms with Gasteiger partial charge < -0.3 is 9.73 Å². The topological polar surface area (TPSA) is 25.2 Å². The van der Waals surface area contributed by atoms with E-state index < -0.39 is 0 Å². The first-order valence-electron chi connectivity index (χ1n) is 5.84. The van der Waals surface area contributed by atoms with Crippen molar-refractivity contribution in [2.24, 2.45) is 0 Å². The molecule has 96 valence electrons. The fraction of sp³-hybridized carbons (Fsp3) is 0.286. The lowest BCUT2D eigenvalue weighted by Gasteiger charge is -2.12. The molecule has 18 heavy (non-hydrogen) atoms. The van der Waals surface area contributed by atoms with E-state index in [1.165, 1.54) is 12.1 Å². The molecule has 0 radical (unpaired) electrons. The largest absolute Gasteiger partial charge is 0.469 e. The van der Waals surface area contributed by atoms with Crippen molar-refractivity contribution < 1.29 is 8.81 Å². The Balaban J connectivity index is 1.87. The normalized spacial score (nSPS) is 12.6. The fourth-order valence-electron chi connectivity index (χ4n) is 1.81. The summed E-state index contributed by atoms with van der Waals surface area (Å²) in [5.41, 5.74) is 0.924. The lowest BCUT2D eigenvalue weighted by molar-refractivity contribution is 0.456. The number of halogens is 2. The van der Waals surface area contributed by atoms with E-state index in [2.05, 4.69) is 28.2 Å². The Morgan fingerprint density at radius 2 is 2.22 bits per heavy atom. The van der Waals surface area contributed by atoms with E-state index in [0.29, 0.717) is 6.54 Å². The van der Waals surface area contributed by atoms with Gasteiger partial charge in [-0.1, -0.05) is 15.9 Å². The maximum Gasteiger partial charge on any atom is 0.124 e. The third-order valence-corrected chi connectivity index (χ3v) is 3.12. The zero-order valence-electron chi connectivity index (χ0n) is 10.1. The minimum absolute atomic E-state index is 0.222. The summed E-state index contributed by atoms with van der Waals surface area (Å²) in [4.78, 5) is 0. The highest BCUT2D eigenvalue weighted by Crippen LogP contribution is 2.15. The molecule has 1 unspecified atom stereocenters. The zero-order chi connectivity index (χ0) is 13.0. The van der Waals surface area contributed by atoms with Crippen molar-refractivity contribution in [3.05, 3.63) is 58.2 Å². The molecule has 0 aliphatic heterocycles. The van der Waals surface area contributed by atoms with Gasteiger partial charge in [-0.15, -0.1) is 0 Å². The molecule has 2 nitrogen and oxygen atoms in total. The highest BCUT2D eigenvalue weighted by Gasteiger charge is 2.06. The summed E-state index contributed by atoms with van der Waals surface area (Å²) in [6.07, 6.45) is 2.50. The molecule has 0 fully saturated rings.